The lowest BCUT2D eigenvalue weighted by Gasteiger charge is -2.18. The van der Waals surface area contributed by atoms with Gasteiger partial charge in [0, 0.05) is 16.8 Å². The Hall–Kier alpha value is -0.770. The molecule has 20 heavy (non-hydrogen) atoms. The van der Waals surface area contributed by atoms with Crippen molar-refractivity contribution in [2.75, 3.05) is 17.1 Å². The van der Waals surface area contributed by atoms with Crippen LogP contribution >= 0.6 is 35.3 Å². The van der Waals surface area contributed by atoms with E-state index >= 15 is 0 Å². The lowest BCUT2D eigenvalue weighted by atomic mass is 10.0. The summed E-state index contributed by atoms with van der Waals surface area (Å²) in [6.45, 7) is 2.18. The topological polar surface area (TPSA) is 3.24 Å². The van der Waals surface area contributed by atoms with Crippen molar-refractivity contribution in [1.82, 2.24) is 0 Å². The molecule has 1 aliphatic rings. The Kier molecular flexibility index (Phi) is 4.20. The number of fused-ring (bicyclic) bond motifs is 2. The van der Waals surface area contributed by atoms with Gasteiger partial charge in [-0.3, -0.25) is 0 Å². The van der Waals surface area contributed by atoms with Crippen LogP contribution < -0.4 is 4.31 Å². The second-order valence-corrected chi connectivity index (χ2v) is 7.59. The third-order valence-electron chi connectivity index (χ3n) is 3.35. The van der Waals surface area contributed by atoms with E-state index < -0.39 is 0 Å². The molecule has 0 N–H and O–H groups in total. The monoisotopic (exact) mass is 321 g/mol. The van der Waals surface area contributed by atoms with Gasteiger partial charge in [-0.05, 0) is 47.0 Å². The molecule has 2 aromatic rings. The van der Waals surface area contributed by atoms with Crippen LogP contribution in [-0.2, 0) is 0 Å². The van der Waals surface area contributed by atoms with Gasteiger partial charge in [0.1, 0.15) is 0 Å². The highest BCUT2D eigenvalue weighted by atomic mass is 35.5. The number of halogens is 1. The molecule has 104 valence electrons. The summed E-state index contributed by atoms with van der Waals surface area (Å²) in [6, 6.07) is 15.0. The zero-order chi connectivity index (χ0) is 14.1. The summed E-state index contributed by atoms with van der Waals surface area (Å²) >= 11 is 10.4. The molecule has 0 amide bonds. The van der Waals surface area contributed by atoms with Crippen molar-refractivity contribution >= 4 is 41.0 Å². The van der Waals surface area contributed by atoms with Crippen molar-refractivity contribution in [3.05, 3.63) is 53.6 Å². The minimum absolute atomic E-state index is 0.0840. The Morgan fingerprint density at radius 2 is 2.00 bits per heavy atom. The quantitative estimate of drug-likeness (QED) is 0.403. The molecule has 1 nitrogen and oxygen atoms in total. The summed E-state index contributed by atoms with van der Waals surface area (Å²) < 4.78 is 2.21. The van der Waals surface area contributed by atoms with Crippen molar-refractivity contribution in [1.29, 1.82) is 0 Å². The number of alkyl halides is 1. The van der Waals surface area contributed by atoms with Crippen molar-refractivity contribution < 1.29 is 0 Å². The molecule has 0 saturated carbocycles. The minimum Gasteiger partial charge on any atom is -0.315 e. The molecule has 0 aliphatic carbocycles. The first kappa shape index (κ1) is 14.2. The largest absolute Gasteiger partial charge is 0.315 e. The first-order chi connectivity index (χ1) is 9.70. The lowest BCUT2D eigenvalue weighted by molar-refractivity contribution is 1.08. The van der Waals surface area contributed by atoms with Crippen LogP contribution in [0.1, 0.15) is 23.4 Å². The molecule has 1 aliphatic heterocycles. The first-order valence-corrected chi connectivity index (χ1v) is 8.81. The van der Waals surface area contributed by atoms with Crippen LogP contribution in [-0.4, -0.2) is 12.8 Å². The molecule has 0 spiro atoms. The van der Waals surface area contributed by atoms with E-state index in [4.69, 9.17) is 11.6 Å². The molecule has 3 rings (SSSR count). The fourth-order valence-corrected chi connectivity index (χ4v) is 4.66. The summed E-state index contributed by atoms with van der Waals surface area (Å²) in [6.07, 6.45) is 0. The van der Waals surface area contributed by atoms with Gasteiger partial charge in [-0.2, -0.15) is 0 Å². The summed E-state index contributed by atoms with van der Waals surface area (Å²) in [5.74, 6) is 1.09. The fourth-order valence-electron chi connectivity index (χ4n) is 2.41. The number of hydrogen-bond donors (Lipinski definition) is 0. The second-order valence-electron chi connectivity index (χ2n) is 4.64. The van der Waals surface area contributed by atoms with Crippen molar-refractivity contribution in [2.45, 2.75) is 22.1 Å². The van der Waals surface area contributed by atoms with Gasteiger partial charge in [0.25, 0.3) is 0 Å². The molecule has 2 aromatic carbocycles. The SMILES string of the molecule is CCSc1ccc2c(c1)SN(C)c1ccccc1C2Cl. The molecule has 0 saturated heterocycles. The zero-order valence-corrected chi connectivity index (χ0v) is 13.9. The smallest absolute Gasteiger partial charge is 0.0867 e. The summed E-state index contributed by atoms with van der Waals surface area (Å²) in [7, 11) is 2.10. The fraction of sp³-hybridized carbons (Fsp3) is 0.250. The molecule has 1 unspecified atom stereocenters. The number of nitrogens with zero attached hydrogens (tertiary/aromatic N) is 1. The lowest BCUT2D eigenvalue weighted by Crippen LogP contribution is -2.06. The summed E-state index contributed by atoms with van der Waals surface area (Å²) in [5.41, 5.74) is 3.58. The Morgan fingerprint density at radius 3 is 2.80 bits per heavy atom. The molecule has 0 bridgehead atoms. The average molecular weight is 322 g/mol. The first-order valence-electron chi connectivity index (χ1n) is 6.62. The van der Waals surface area contributed by atoms with Crippen LogP contribution in [0.25, 0.3) is 0 Å². The molecular weight excluding hydrogens is 306 g/mol. The van der Waals surface area contributed by atoms with Crippen molar-refractivity contribution in [3.63, 3.8) is 0 Å². The normalized spacial score (nSPS) is 17.4. The maximum atomic E-state index is 6.73. The number of benzene rings is 2. The molecular formula is C16H16ClNS2. The number of anilines is 1. The summed E-state index contributed by atoms with van der Waals surface area (Å²) in [5, 5.41) is -0.0840. The van der Waals surface area contributed by atoms with Gasteiger partial charge in [-0.15, -0.1) is 23.4 Å². The highest BCUT2D eigenvalue weighted by molar-refractivity contribution is 8.01. The Balaban J connectivity index is 2.10. The maximum absolute atomic E-state index is 6.73. The Bertz CT molecular complexity index is 630. The second kappa shape index (κ2) is 5.92. The van der Waals surface area contributed by atoms with Crippen LogP contribution in [0.4, 0.5) is 5.69 Å². The van der Waals surface area contributed by atoms with Crippen LogP contribution in [0.15, 0.2) is 52.3 Å². The Labute approximate surface area is 133 Å². The number of para-hydroxylation sites is 1. The summed E-state index contributed by atoms with van der Waals surface area (Å²) in [4.78, 5) is 2.56. The van der Waals surface area contributed by atoms with E-state index in [2.05, 4.69) is 60.7 Å². The average Bonchev–Trinajstić information content (AvgIpc) is 2.56. The van der Waals surface area contributed by atoms with Gasteiger partial charge in [-0.1, -0.05) is 31.2 Å². The van der Waals surface area contributed by atoms with Crippen molar-refractivity contribution in [3.8, 4) is 0 Å². The third-order valence-corrected chi connectivity index (χ3v) is 5.72. The van der Waals surface area contributed by atoms with Gasteiger partial charge in [0.2, 0.25) is 0 Å². The van der Waals surface area contributed by atoms with Gasteiger partial charge in [-0.25, -0.2) is 0 Å². The van der Waals surface area contributed by atoms with Crippen LogP contribution in [0.3, 0.4) is 0 Å². The van der Waals surface area contributed by atoms with Crippen LogP contribution in [0.2, 0.25) is 0 Å². The molecule has 0 aromatic heterocycles. The van der Waals surface area contributed by atoms with E-state index in [1.165, 1.54) is 26.6 Å². The molecule has 1 heterocycles. The zero-order valence-electron chi connectivity index (χ0n) is 11.5. The molecule has 1 atom stereocenters. The molecule has 0 radical (unpaired) electrons. The highest BCUT2D eigenvalue weighted by Gasteiger charge is 2.24. The standard InChI is InChI=1S/C16H16ClNS2/c1-3-19-11-8-9-13-15(10-11)20-18(2)14-7-5-4-6-12(14)16(13)17/h4-10,16H,3H2,1-2H3. The number of rotatable bonds is 2. The van der Waals surface area contributed by atoms with Crippen LogP contribution in [0, 0.1) is 0 Å². The van der Waals surface area contributed by atoms with E-state index in [9.17, 15) is 0 Å². The molecule has 4 heteroatoms. The third kappa shape index (κ3) is 2.54. The van der Waals surface area contributed by atoms with E-state index in [0.29, 0.717) is 0 Å². The van der Waals surface area contributed by atoms with E-state index in [1.807, 2.05) is 11.8 Å². The van der Waals surface area contributed by atoms with Gasteiger partial charge in [0.15, 0.2) is 0 Å². The van der Waals surface area contributed by atoms with E-state index in [-0.39, 0.29) is 5.38 Å². The number of thioether (sulfide) groups is 1. The van der Waals surface area contributed by atoms with E-state index in [1.54, 1.807) is 11.9 Å². The van der Waals surface area contributed by atoms with Gasteiger partial charge in [0.05, 0.1) is 11.1 Å². The maximum Gasteiger partial charge on any atom is 0.0867 e. The predicted octanol–water partition coefficient (Wildman–Crippen LogP) is 5.58. The van der Waals surface area contributed by atoms with Crippen LogP contribution in [0.5, 0.6) is 0 Å². The van der Waals surface area contributed by atoms with Gasteiger partial charge >= 0.3 is 0 Å². The minimum atomic E-state index is -0.0840. The predicted molar refractivity (Wildman–Crippen MR) is 91.2 cm³/mol. The number of hydrogen-bond acceptors (Lipinski definition) is 3. The Morgan fingerprint density at radius 1 is 1.20 bits per heavy atom. The van der Waals surface area contributed by atoms with E-state index in [0.717, 1.165) is 5.75 Å². The highest BCUT2D eigenvalue weighted by Crippen LogP contribution is 2.46. The van der Waals surface area contributed by atoms with Crippen molar-refractivity contribution in [2.24, 2.45) is 0 Å². The van der Waals surface area contributed by atoms with Gasteiger partial charge < -0.3 is 4.31 Å². The molecule has 0 fully saturated rings.